The highest BCUT2D eigenvalue weighted by Crippen LogP contribution is 2.34. The van der Waals surface area contributed by atoms with Gasteiger partial charge in [-0.05, 0) is 22.0 Å². The lowest BCUT2D eigenvalue weighted by molar-refractivity contribution is 0.240. The van der Waals surface area contributed by atoms with Gasteiger partial charge in [-0.3, -0.25) is 0 Å². The van der Waals surface area contributed by atoms with Crippen LogP contribution in [0.2, 0.25) is 0 Å². The lowest BCUT2D eigenvalue weighted by Crippen LogP contribution is -2.45. The van der Waals surface area contributed by atoms with E-state index in [1.54, 1.807) is 26.5 Å². The number of hydrogen-bond acceptors (Lipinski definition) is 5. The van der Waals surface area contributed by atoms with Crippen LogP contribution in [0.3, 0.4) is 0 Å². The van der Waals surface area contributed by atoms with Gasteiger partial charge in [-0.2, -0.15) is 0 Å². The minimum atomic E-state index is -0.403. The van der Waals surface area contributed by atoms with Gasteiger partial charge in [0.15, 0.2) is 6.17 Å². The van der Waals surface area contributed by atoms with Crippen LogP contribution in [0.1, 0.15) is 5.56 Å². The SMILES string of the molecule is COc1cc(OC)c(C2=NC3NC(=O)NC=C3N2)cc1Br. The standard InChI is InChI=1S/C13H13BrN4O3/c1-20-9-4-10(21-2)7(14)3-6(9)11-16-8-5-15-13(19)18-12(8)17-11/h3-5,12H,1-2H3,(H,16,17)(H2,15,18,19). The van der Waals surface area contributed by atoms with Gasteiger partial charge in [0.25, 0.3) is 0 Å². The number of hydrogen-bond donors (Lipinski definition) is 3. The molecule has 0 aliphatic carbocycles. The van der Waals surface area contributed by atoms with Crippen LogP contribution in [-0.2, 0) is 0 Å². The van der Waals surface area contributed by atoms with E-state index in [-0.39, 0.29) is 6.03 Å². The zero-order chi connectivity index (χ0) is 15.0. The van der Waals surface area contributed by atoms with Crippen molar-refractivity contribution in [3.05, 3.63) is 34.1 Å². The molecule has 2 aliphatic heterocycles. The Balaban J connectivity index is 2.00. The Bertz CT molecular complexity index is 672. The molecular formula is C13H13BrN4O3. The molecule has 2 aliphatic rings. The number of amides is 2. The van der Waals surface area contributed by atoms with Crippen LogP contribution in [0.5, 0.6) is 11.5 Å². The van der Waals surface area contributed by atoms with Crippen molar-refractivity contribution >= 4 is 27.8 Å². The van der Waals surface area contributed by atoms with Gasteiger partial charge in [0.2, 0.25) is 0 Å². The Kier molecular flexibility index (Phi) is 3.46. The molecular weight excluding hydrogens is 340 g/mol. The van der Waals surface area contributed by atoms with E-state index in [0.29, 0.717) is 17.3 Å². The first kappa shape index (κ1) is 13.7. The third kappa shape index (κ3) is 2.42. The van der Waals surface area contributed by atoms with Crippen molar-refractivity contribution in [1.82, 2.24) is 16.0 Å². The quantitative estimate of drug-likeness (QED) is 0.765. The first-order valence-corrected chi connectivity index (χ1v) is 6.95. The fourth-order valence-corrected chi connectivity index (χ4v) is 2.66. The minimum Gasteiger partial charge on any atom is -0.496 e. The lowest BCUT2D eigenvalue weighted by atomic mass is 10.1. The van der Waals surface area contributed by atoms with Gasteiger partial charge < -0.3 is 25.4 Å². The number of methoxy groups -OCH3 is 2. The zero-order valence-corrected chi connectivity index (χ0v) is 12.9. The second-order valence-corrected chi connectivity index (χ2v) is 5.26. The van der Waals surface area contributed by atoms with Crippen LogP contribution >= 0.6 is 15.9 Å². The highest BCUT2D eigenvalue weighted by Gasteiger charge is 2.29. The van der Waals surface area contributed by atoms with E-state index in [4.69, 9.17) is 9.47 Å². The molecule has 1 atom stereocenters. The summed E-state index contributed by atoms with van der Waals surface area (Å²) in [5.41, 5.74) is 1.55. The van der Waals surface area contributed by atoms with E-state index in [0.717, 1.165) is 15.7 Å². The zero-order valence-electron chi connectivity index (χ0n) is 11.4. The molecule has 7 nitrogen and oxygen atoms in total. The summed E-state index contributed by atoms with van der Waals surface area (Å²) in [5.74, 6) is 1.91. The molecule has 1 unspecified atom stereocenters. The summed E-state index contributed by atoms with van der Waals surface area (Å²) in [5, 5.41) is 8.44. The predicted molar refractivity (Wildman–Crippen MR) is 80.5 cm³/mol. The molecule has 2 heterocycles. The third-order valence-corrected chi connectivity index (χ3v) is 3.79. The number of carbonyl (C=O) groups excluding carboxylic acids is 1. The number of halogens is 1. The highest BCUT2D eigenvalue weighted by atomic mass is 79.9. The summed E-state index contributed by atoms with van der Waals surface area (Å²) < 4.78 is 11.4. The molecule has 0 fully saturated rings. The monoisotopic (exact) mass is 352 g/mol. The lowest BCUT2D eigenvalue weighted by Gasteiger charge is -2.16. The Hall–Kier alpha value is -2.22. The molecule has 2 amide bonds. The second-order valence-electron chi connectivity index (χ2n) is 4.41. The van der Waals surface area contributed by atoms with Gasteiger partial charge in [-0.1, -0.05) is 0 Å². The summed E-state index contributed by atoms with van der Waals surface area (Å²) in [6, 6.07) is 3.35. The molecule has 0 saturated carbocycles. The minimum absolute atomic E-state index is 0.279. The Morgan fingerprint density at radius 3 is 2.71 bits per heavy atom. The molecule has 3 N–H and O–H groups in total. The average molecular weight is 353 g/mol. The smallest absolute Gasteiger partial charge is 0.320 e. The first-order chi connectivity index (χ1) is 10.1. The summed E-state index contributed by atoms with van der Waals surface area (Å²) in [4.78, 5) is 15.8. The van der Waals surface area contributed by atoms with Gasteiger partial charge in [-0.15, -0.1) is 0 Å². The van der Waals surface area contributed by atoms with Gasteiger partial charge in [0.1, 0.15) is 17.3 Å². The normalized spacial score (nSPS) is 19.6. The predicted octanol–water partition coefficient (Wildman–Crippen LogP) is 1.30. The largest absolute Gasteiger partial charge is 0.496 e. The number of aliphatic imine (C=N–C) groups is 1. The van der Waals surface area contributed by atoms with Gasteiger partial charge >= 0.3 is 6.03 Å². The Morgan fingerprint density at radius 1 is 1.24 bits per heavy atom. The summed E-state index contributed by atoms with van der Waals surface area (Å²) in [6.07, 6.45) is 1.20. The number of urea groups is 1. The van der Waals surface area contributed by atoms with Crippen LogP contribution in [-0.4, -0.2) is 32.3 Å². The number of nitrogens with zero attached hydrogens (tertiary/aromatic N) is 1. The number of benzene rings is 1. The maximum atomic E-state index is 11.3. The van der Waals surface area contributed by atoms with Crippen molar-refractivity contribution in [1.29, 1.82) is 0 Å². The Morgan fingerprint density at radius 2 is 2.00 bits per heavy atom. The summed E-state index contributed by atoms with van der Waals surface area (Å²) >= 11 is 3.44. The summed E-state index contributed by atoms with van der Waals surface area (Å²) in [7, 11) is 3.17. The average Bonchev–Trinajstić information content (AvgIpc) is 2.89. The van der Waals surface area contributed by atoms with E-state index in [9.17, 15) is 4.79 Å². The molecule has 110 valence electrons. The number of amidine groups is 1. The number of carbonyl (C=O) groups is 1. The summed E-state index contributed by atoms with van der Waals surface area (Å²) in [6.45, 7) is 0. The molecule has 8 heteroatoms. The molecule has 0 bridgehead atoms. The maximum absolute atomic E-state index is 11.3. The van der Waals surface area contributed by atoms with Crippen LogP contribution in [0, 0.1) is 0 Å². The molecule has 0 saturated heterocycles. The van der Waals surface area contributed by atoms with E-state index in [2.05, 4.69) is 36.9 Å². The first-order valence-electron chi connectivity index (χ1n) is 6.16. The fraction of sp³-hybridized carbons (Fsp3) is 0.231. The number of rotatable bonds is 3. The van der Waals surface area contributed by atoms with Crippen molar-refractivity contribution in [2.45, 2.75) is 6.17 Å². The number of fused-ring (bicyclic) bond motifs is 1. The molecule has 0 aromatic heterocycles. The molecule has 3 rings (SSSR count). The van der Waals surface area contributed by atoms with Crippen molar-refractivity contribution < 1.29 is 14.3 Å². The van der Waals surface area contributed by atoms with E-state index >= 15 is 0 Å². The maximum Gasteiger partial charge on any atom is 0.320 e. The van der Waals surface area contributed by atoms with Crippen molar-refractivity contribution in [3.8, 4) is 11.5 Å². The van der Waals surface area contributed by atoms with E-state index in [1.807, 2.05) is 6.07 Å². The van der Waals surface area contributed by atoms with Gasteiger partial charge in [0, 0.05) is 12.3 Å². The molecule has 1 aromatic carbocycles. The number of nitrogens with one attached hydrogen (secondary N) is 3. The van der Waals surface area contributed by atoms with Crippen LogP contribution in [0.25, 0.3) is 0 Å². The topological polar surface area (TPSA) is 84.0 Å². The van der Waals surface area contributed by atoms with E-state index < -0.39 is 6.17 Å². The van der Waals surface area contributed by atoms with Gasteiger partial charge in [-0.25, -0.2) is 9.79 Å². The van der Waals surface area contributed by atoms with Crippen LogP contribution in [0.15, 0.2) is 33.5 Å². The van der Waals surface area contributed by atoms with Crippen LogP contribution < -0.4 is 25.4 Å². The second kappa shape index (κ2) is 5.28. The van der Waals surface area contributed by atoms with Gasteiger partial charge in [0.05, 0.1) is 30.0 Å². The molecule has 0 spiro atoms. The van der Waals surface area contributed by atoms with Crippen molar-refractivity contribution in [3.63, 3.8) is 0 Å². The van der Waals surface area contributed by atoms with Crippen LogP contribution in [0.4, 0.5) is 4.79 Å². The molecule has 1 aromatic rings. The Labute approximate surface area is 129 Å². The van der Waals surface area contributed by atoms with E-state index in [1.165, 1.54) is 0 Å². The van der Waals surface area contributed by atoms with Crippen molar-refractivity contribution in [2.75, 3.05) is 14.2 Å². The molecule has 21 heavy (non-hydrogen) atoms. The van der Waals surface area contributed by atoms with Crippen molar-refractivity contribution in [2.24, 2.45) is 4.99 Å². The third-order valence-electron chi connectivity index (χ3n) is 3.17. The fourth-order valence-electron chi connectivity index (χ4n) is 2.15. The highest BCUT2D eigenvalue weighted by molar-refractivity contribution is 9.10. The number of ether oxygens (including phenoxy) is 2. The molecule has 0 radical (unpaired) electrons.